The van der Waals surface area contributed by atoms with Gasteiger partial charge in [-0.05, 0) is 24.3 Å². The van der Waals surface area contributed by atoms with Crippen LogP contribution in [0.2, 0.25) is 0 Å². The summed E-state index contributed by atoms with van der Waals surface area (Å²) in [6.07, 6.45) is 0. The number of rotatable bonds is 4. The van der Waals surface area contributed by atoms with Gasteiger partial charge in [0.1, 0.15) is 16.9 Å². The standard InChI is InChI=1S/C19H10N2O7/c22-19(11-7-12(20(23)24)9-13(8-11)21(25)26)27-14-5-6-18-16(10-14)15-3-1-2-4-17(15)28-18/h1-10H. The SMILES string of the molecule is O=C(Oc1ccc2oc3ccccc3c2c1)c1cc([N+](=O)[O-])cc([N+](=O)[O-])c1. The summed E-state index contributed by atoms with van der Waals surface area (Å²) in [4.78, 5) is 32.7. The summed E-state index contributed by atoms with van der Waals surface area (Å²) in [7, 11) is 0. The number of nitro groups is 2. The highest BCUT2D eigenvalue weighted by Crippen LogP contribution is 2.32. The fourth-order valence-electron chi connectivity index (χ4n) is 2.86. The Bertz CT molecular complexity index is 1240. The van der Waals surface area contributed by atoms with E-state index in [1.165, 1.54) is 6.07 Å². The van der Waals surface area contributed by atoms with Crippen molar-refractivity contribution in [1.29, 1.82) is 0 Å². The second kappa shape index (κ2) is 6.47. The lowest BCUT2D eigenvalue weighted by Crippen LogP contribution is -2.09. The Morgan fingerprint density at radius 1 is 0.821 bits per heavy atom. The molecule has 0 radical (unpaired) electrons. The first-order valence-corrected chi connectivity index (χ1v) is 8.00. The second-order valence-electron chi connectivity index (χ2n) is 5.90. The van der Waals surface area contributed by atoms with Crippen LogP contribution < -0.4 is 4.74 Å². The summed E-state index contributed by atoms with van der Waals surface area (Å²) in [5, 5.41) is 23.5. The van der Waals surface area contributed by atoms with Gasteiger partial charge >= 0.3 is 5.97 Å². The van der Waals surface area contributed by atoms with Crippen LogP contribution in [0.15, 0.2) is 65.1 Å². The number of nitro benzene ring substituents is 2. The minimum Gasteiger partial charge on any atom is -0.456 e. The Morgan fingerprint density at radius 3 is 2.14 bits per heavy atom. The van der Waals surface area contributed by atoms with Gasteiger partial charge in [-0.2, -0.15) is 0 Å². The highest BCUT2D eigenvalue weighted by molar-refractivity contribution is 6.05. The third kappa shape index (κ3) is 3.01. The number of carbonyl (C=O) groups is 1. The number of ether oxygens (including phenoxy) is 1. The molecule has 0 bridgehead atoms. The van der Waals surface area contributed by atoms with Crippen LogP contribution in [0.3, 0.4) is 0 Å². The van der Waals surface area contributed by atoms with Crippen molar-refractivity contribution in [3.63, 3.8) is 0 Å². The first-order chi connectivity index (χ1) is 13.4. The monoisotopic (exact) mass is 378 g/mol. The van der Waals surface area contributed by atoms with E-state index in [2.05, 4.69) is 0 Å². The van der Waals surface area contributed by atoms with Gasteiger partial charge in [0, 0.05) is 22.9 Å². The smallest absolute Gasteiger partial charge is 0.344 e. The normalized spacial score (nSPS) is 10.9. The predicted molar refractivity (Wildman–Crippen MR) is 98.4 cm³/mol. The summed E-state index contributed by atoms with van der Waals surface area (Å²) >= 11 is 0. The van der Waals surface area contributed by atoms with E-state index in [1.807, 2.05) is 24.3 Å². The second-order valence-corrected chi connectivity index (χ2v) is 5.90. The molecule has 3 aromatic carbocycles. The number of esters is 1. The molecular formula is C19H10N2O7. The average molecular weight is 378 g/mol. The molecule has 4 rings (SSSR count). The molecule has 0 saturated carbocycles. The molecule has 0 fully saturated rings. The molecule has 9 nitrogen and oxygen atoms in total. The van der Waals surface area contributed by atoms with Gasteiger partial charge in [0.2, 0.25) is 0 Å². The molecule has 0 amide bonds. The van der Waals surface area contributed by atoms with Gasteiger partial charge in [-0.3, -0.25) is 20.2 Å². The Morgan fingerprint density at radius 2 is 1.46 bits per heavy atom. The van der Waals surface area contributed by atoms with E-state index in [4.69, 9.17) is 9.15 Å². The molecule has 0 aliphatic heterocycles. The van der Waals surface area contributed by atoms with Gasteiger partial charge in [-0.1, -0.05) is 18.2 Å². The number of hydrogen-bond donors (Lipinski definition) is 0. The lowest BCUT2D eigenvalue weighted by atomic mass is 10.1. The number of non-ortho nitro benzene ring substituents is 2. The third-order valence-corrected chi connectivity index (χ3v) is 4.12. The van der Waals surface area contributed by atoms with Crippen LogP contribution >= 0.6 is 0 Å². The van der Waals surface area contributed by atoms with Crippen LogP contribution in [0.25, 0.3) is 21.9 Å². The van der Waals surface area contributed by atoms with Gasteiger partial charge in [0.15, 0.2) is 0 Å². The quantitative estimate of drug-likeness (QED) is 0.219. The largest absolute Gasteiger partial charge is 0.456 e. The lowest BCUT2D eigenvalue weighted by Gasteiger charge is -2.05. The number of fused-ring (bicyclic) bond motifs is 3. The molecular weight excluding hydrogens is 368 g/mol. The van der Waals surface area contributed by atoms with E-state index in [9.17, 15) is 25.0 Å². The lowest BCUT2D eigenvalue weighted by molar-refractivity contribution is -0.394. The molecule has 0 atom stereocenters. The van der Waals surface area contributed by atoms with E-state index >= 15 is 0 Å². The summed E-state index contributed by atoms with van der Waals surface area (Å²) in [5.74, 6) is -0.767. The summed E-state index contributed by atoms with van der Waals surface area (Å²) < 4.78 is 11.0. The fourth-order valence-corrected chi connectivity index (χ4v) is 2.86. The van der Waals surface area contributed by atoms with Gasteiger partial charge in [-0.25, -0.2) is 4.79 Å². The van der Waals surface area contributed by atoms with Crippen molar-refractivity contribution in [3.05, 3.63) is 86.5 Å². The molecule has 138 valence electrons. The number of carbonyl (C=O) groups excluding carboxylic acids is 1. The number of benzene rings is 3. The Balaban J connectivity index is 1.71. The summed E-state index contributed by atoms with van der Waals surface area (Å²) in [5.41, 5.74) is -0.157. The van der Waals surface area contributed by atoms with Crippen molar-refractivity contribution >= 4 is 39.3 Å². The van der Waals surface area contributed by atoms with Crippen molar-refractivity contribution in [2.75, 3.05) is 0 Å². The highest BCUT2D eigenvalue weighted by Gasteiger charge is 2.21. The first kappa shape index (κ1) is 17.2. The van der Waals surface area contributed by atoms with Crippen molar-refractivity contribution in [2.24, 2.45) is 0 Å². The highest BCUT2D eigenvalue weighted by atomic mass is 16.6. The predicted octanol–water partition coefficient (Wildman–Crippen LogP) is 4.62. The van der Waals surface area contributed by atoms with Gasteiger partial charge in [0.05, 0.1) is 21.5 Å². The number of furan rings is 1. The van der Waals surface area contributed by atoms with E-state index in [0.29, 0.717) is 11.2 Å². The molecule has 28 heavy (non-hydrogen) atoms. The molecule has 0 aliphatic rings. The van der Waals surface area contributed by atoms with Gasteiger partial charge < -0.3 is 9.15 Å². The zero-order valence-corrected chi connectivity index (χ0v) is 14.0. The van der Waals surface area contributed by atoms with Crippen LogP contribution in [0.4, 0.5) is 11.4 Å². The topological polar surface area (TPSA) is 126 Å². The molecule has 4 aromatic rings. The Kier molecular flexibility index (Phi) is 3.96. The van der Waals surface area contributed by atoms with Crippen molar-refractivity contribution < 1.29 is 23.8 Å². The number of para-hydroxylation sites is 1. The van der Waals surface area contributed by atoms with Crippen LogP contribution in [-0.2, 0) is 0 Å². The molecule has 9 heteroatoms. The number of nitrogens with zero attached hydrogens (tertiary/aromatic N) is 2. The molecule has 1 aromatic heterocycles. The van der Waals surface area contributed by atoms with Crippen molar-refractivity contribution in [3.8, 4) is 5.75 Å². The zero-order valence-electron chi connectivity index (χ0n) is 14.0. The maximum absolute atomic E-state index is 12.4. The zero-order chi connectivity index (χ0) is 19.8. The third-order valence-electron chi connectivity index (χ3n) is 4.12. The molecule has 0 spiro atoms. The van der Waals surface area contributed by atoms with Crippen LogP contribution in [0.5, 0.6) is 5.75 Å². The summed E-state index contributed by atoms with van der Waals surface area (Å²) in [6, 6.07) is 14.7. The summed E-state index contributed by atoms with van der Waals surface area (Å²) in [6.45, 7) is 0. The fraction of sp³-hybridized carbons (Fsp3) is 0. The molecule has 0 saturated heterocycles. The van der Waals surface area contributed by atoms with Crippen molar-refractivity contribution in [2.45, 2.75) is 0 Å². The van der Waals surface area contributed by atoms with Gasteiger partial charge in [-0.15, -0.1) is 0 Å². The molecule has 0 aliphatic carbocycles. The van der Waals surface area contributed by atoms with Gasteiger partial charge in [0.25, 0.3) is 11.4 Å². The van der Waals surface area contributed by atoms with E-state index in [-0.39, 0.29) is 11.3 Å². The Labute approximate surface area is 156 Å². The van der Waals surface area contributed by atoms with Crippen molar-refractivity contribution in [1.82, 2.24) is 0 Å². The maximum Gasteiger partial charge on any atom is 0.344 e. The van der Waals surface area contributed by atoms with Crippen LogP contribution in [0.1, 0.15) is 10.4 Å². The van der Waals surface area contributed by atoms with E-state index in [1.54, 1.807) is 12.1 Å². The maximum atomic E-state index is 12.4. The average Bonchev–Trinajstić information content (AvgIpc) is 3.05. The van der Waals surface area contributed by atoms with E-state index in [0.717, 1.165) is 29.0 Å². The first-order valence-electron chi connectivity index (χ1n) is 8.00. The minimum absolute atomic E-state index is 0.179. The molecule has 0 N–H and O–H groups in total. The number of hydrogen-bond acceptors (Lipinski definition) is 7. The van der Waals surface area contributed by atoms with Crippen LogP contribution in [-0.4, -0.2) is 15.8 Å². The molecule has 0 unspecified atom stereocenters. The molecule has 1 heterocycles. The Hall–Kier alpha value is -4.27. The van der Waals surface area contributed by atoms with E-state index < -0.39 is 27.2 Å². The van der Waals surface area contributed by atoms with Crippen LogP contribution in [0, 0.1) is 20.2 Å². The minimum atomic E-state index is -0.945.